The minimum atomic E-state index is -2.97. The lowest BCUT2D eigenvalue weighted by atomic mass is 9.98. The van der Waals surface area contributed by atoms with Gasteiger partial charge in [-0.3, -0.25) is 0 Å². The summed E-state index contributed by atoms with van der Waals surface area (Å²) in [5.41, 5.74) is 4.16. The van der Waals surface area contributed by atoms with Gasteiger partial charge >= 0.3 is 0 Å². The molecule has 0 bridgehead atoms. The zero-order valence-electron chi connectivity index (χ0n) is 34.1. The maximum Gasteiger partial charge on any atom is 0.261 e. The summed E-state index contributed by atoms with van der Waals surface area (Å²) in [5.74, 6) is 2.19. The maximum absolute atomic E-state index is 7.62. The molecule has 1 saturated heterocycles. The minimum Gasteiger partial charge on any atom is -0.484 e. The van der Waals surface area contributed by atoms with E-state index in [2.05, 4.69) is 170 Å². The lowest BCUT2D eigenvalue weighted by Gasteiger charge is -2.48. The molecule has 7 heteroatoms. The number of hydrogen-bond donors (Lipinski definition) is 0. The van der Waals surface area contributed by atoms with Gasteiger partial charge in [-0.2, -0.15) is 0 Å². The zero-order chi connectivity index (χ0) is 40.0. The van der Waals surface area contributed by atoms with Gasteiger partial charge in [0, 0.05) is 4.90 Å². The molecule has 6 aromatic carbocycles. The molecular weight excluding hydrogens is 741 g/mol. The molecule has 6 aromatic rings. The van der Waals surface area contributed by atoms with E-state index >= 15 is 0 Å². The molecule has 0 N–H and O–H groups in total. The lowest BCUT2D eigenvalue weighted by molar-refractivity contribution is -0.182. The van der Waals surface area contributed by atoms with Crippen LogP contribution >= 0.6 is 11.8 Å². The smallest absolute Gasteiger partial charge is 0.261 e. The molecule has 0 radical (unpaired) electrons. The van der Waals surface area contributed by atoms with E-state index in [0.717, 1.165) is 38.8 Å². The monoisotopic (exact) mass is 794 g/mol. The van der Waals surface area contributed by atoms with E-state index in [1.807, 2.05) is 36.4 Å². The van der Waals surface area contributed by atoms with Crippen LogP contribution in [-0.2, 0) is 9.16 Å². The molecule has 0 aliphatic carbocycles. The molecule has 1 aliphatic rings. The highest BCUT2D eigenvalue weighted by molar-refractivity contribution is 7.99. The van der Waals surface area contributed by atoms with Gasteiger partial charge in [-0.15, -0.1) is 0 Å². The van der Waals surface area contributed by atoms with Crippen molar-refractivity contribution in [1.82, 2.24) is 0 Å². The summed E-state index contributed by atoms with van der Waals surface area (Å²) >= 11 is 1.64. The predicted molar refractivity (Wildman–Crippen MR) is 236 cm³/mol. The van der Waals surface area contributed by atoms with Crippen molar-refractivity contribution >= 4 is 30.5 Å². The molecule has 1 fully saturated rings. The van der Waals surface area contributed by atoms with Gasteiger partial charge in [-0.1, -0.05) is 164 Å². The molecule has 0 spiro atoms. The molecule has 0 saturated carbocycles. The highest BCUT2D eigenvalue weighted by Crippen LogP contribution is 2.41. The number of ether oxygens (including phenoxy) is 4. The Kier molecular flexibility index (Phi) is 12.6. The first kappa shape index (κ1) is 40.4. The van der Waals surface area contributed by atoms with E-state index in [4.69, 9.17) is 23.4 Å². The van der Waals surface area contributed by atoms with E-state index in [-0.39, 0.29) is 11.6 Å². The summed E-state index contributed by atoms with van der Waals surface area (Å²) < 4.78 is 36.2. The summed E-state index contributed by atoms with van der Waals surface area (Å²) in [6.45, 7) is 15.5. The second-order valence-electron chi connectivity index (χ2n) is 16.1. The molecule has 1 heterocycles. The summed E-state index contributed by atoms with van der Waals surface area (Å²) in [4.78, 5) is 1.07. The third kappa shape index (κ3) is 9.51. The molecule has 294 valence electrons. The van der Waals surface area contributed by atoms with Crippen LogP contribution in [0.2, 0.25) is 5.04 Å². The maximum atomic E-state index is 7.62. The number of rotatable bonds is 13. The average molecular weight is 795 g/mol. The van der Waals surface area contributed by atoms with Crippen LogP contribution in [0.25, 0.3) is 0 Å². The number of thioether (sulfide) groups is 1. The average Bonchev–Trinajstić information content (AvgIpc) is 3.21. The Morgan fingerprint density at radius 3 is 1.30 bits per heavy atom. The van der Waals surface area contributed by atoms with E-state index in [1.54, 1.807) is 11.8 Å². The van der Waals surface area contributed by atoms with Crippen molar-refractivity contribution in [2.45, 2.75) is 88.3 Å². The van der Waals surface area contributed by atoms with Crippen LogP contribution in [0.5, 0.6) is 17.2 Å². The van der Waals surface area contributed by atoms with Gasteiger partial charge in [-0.05, 0) is 91.6 Å². The first-order valence-corrected chi connectivity index (χ1v) is 22.6. The van der Waals surface area contributed by atoms with Crippen LogP contribution in [-0.4, -0.2) is 44.8 Å². The number of aryl methyl sites for hydroxylation is 4. The van der Waals surface area contributed by atoms with Gasteiger partial charge < -0.3 is 23.4 Å². The SMILES string of the molecule is Cc1ccc(O[C@@H]2[C@@H](Oc3ccc(C)cc3)[C@H](Sc3ccc(C)cc3)O[C@H](CO[Si](c3ccccc3)(c3ccccc3)C(C)(C)C)[C@H]2Oc2ccc(C)cc2)cc1. The molecule has 0 amide bonds. The van der Waals surface area contributed by atoms with E-state index in [0.29, 0.717) is 0 Å². The molecule has 0 aromatic heterocycles. The Morgan fingerprint density at radius 1 is 0.491 bits per heavy atom. The third-order valence-corrected chi connectivity index (χ3v) is 16.8. The molecule has 0 unspecified atom stereocenters. The second kappa shape index (κ2) is 17.8. The Morgan fingerprint density at radius 2 is 0.877 bits per heavy atom. The van der Waals surface area contributed by atoms with Gasteiger partial charge in [0.15, 0.2) is 18.3 Å². The standard InChI is InChI=1S/C50H54O5SSi/c1-35-18-26-39(27-19-35)52-46-45(34-51-57(50(5,6)7,43-14-10-8-11-15-43)44-16-12-9-13-17-44)55-49(56-42-32-24-38(4)25-33-42)48(54-41-30-22-37(3)23-31-41)47(46)53-40-28-20-36(2)21-29-40/h8-33,45-49H,34H2,1-7H3/t45-,46-,47+,48-,49+/m1/s1. The molecular formula is C50H54O5SSi. The van der Waals surface area contributed by atoms with Crippen LogP contribution in [0.1, 0.15) is 43.0 Å². The van der Waals surface area contributed by atoms with Gasteiger partial charge in [0.05, 0.1) is 6.61 Å². The van der Waals surface area contributed by atoms with Gasteiger partial charge in [0.25, 0.3) is 8.32 Å². The van der Waals surface area contributed by atoms with Crippen molar-refractivity contribution in [2.75, 3.05) is 6.61 Å². The van der Waals surface area contributed by atoms with Crippen molar-refractivity contribution in [3.63, 3.8) is 0 Å². The van der Waals surface area contributed by atoms with E-state index < -0.39 is 38.2 Å². The summed E-state index contributed by atoms with van der Waals surface area (Å²) in [6, 6.07) is 54.5. The van der Waals surface area contributed by atoms with Crippen molar-refractivity contribution in [3.8, 4) is 17.2 Å². The summed E-state index contributed by atoms with van der Waals surface area (Å²) in [7, 11) is -2.97. The normalized spacial score (nSPS) is 19.8. The fraction of sp³-hybridized carbons (Fsp3) is 0.280. The van der Waals surface area contributed by atoms with Gasteiger partial charge in [0.2, 0.25) is 0 Å². The largest absolute Gasteiger partial charge is 0.484 e. The van der Waals surface area contributed by atoms with Crippen molar-refractivity contribution < 1.29 is 23.4 Å². The molecule has 1 aliphatic heterocycles. The number of benzene rings is 6. The third-order valence-electron chi connectivity index (χ3n) is 10.6. The van der Waals surface area contributed by atoms with Crippen LogP contribution in [0.3, 0.4) is 0 Å². The summed E-state index contributed by atoms with van der Waals surface area (Å²) in [5, 5.41) is 2.17. The van der Waals surface area contributed by atoms with Gasteiger partial charge in [0.1, 0.15) is 28.8 Å². The zero-order valence-corrected chi connectivity index (χ0v) is 35.9. The molecule has 7 rings (SSSR count). The number of hydrogen-bond acceptors (Lipinski definition) is 6. The minimum absolute atomic E-state index is 0.234. The van der Waals surface area contributed by atoms with E-state index in [1.165, 1.54) is 15.9 Å². The first-order valence-electron chi connectivity index (χ1n) is 19.8. The highest BCUT2D eigenvalue weighted by atomic mass is 32.2. The first-order chi connectivity index (χ1) is 27.5. The lowest BCUT2D eigenvalue weighted by Crippen LogP contribution is -2.69. The quantitative estimate of drug-likeness (QED) is 0.109. The van der Waals surface area contributed by atoms with Crippen molar-refractivity contribution in [1.29, 1.82) is 0 Å². The Hall–Kier alpha value is -4.79. The van der Waals surface area contributed by atoms with Crippen molar-refractivity contribution in [3.05, 3.63) is 180 Å². The fourth-order valence-electron chi connectivity index (χ4n) is 7.55. The van der Waals surface area contributed by atoms with E-state index in [9.17, 15) is 0 Å². The Balaban J connectivity index is 1.37. The van der Waals surface area contributed by atoms with Gasteiger partial charge in [-0.25, -0.2) is 0 Å². The van der Waals surface area contributed by atoms with Crippen LogP contribution < -0.4 is 24.6 Å². The molecule has 5 nitrogen and oxygen atoms in total. The van der Waals surface area contributed by atoms with Crippen molar-refractivity contribution in [2.24, 2.45) is 0 Å². The fourth-order valence-corrected chi connectivity index (χ4v) is 13.2. The molecule has 57 heavy (non-hydrogen) atoms. The Labute approximate surface area is 344 Å². The second-order valence-corrected chi connectivity index (χ2v) is 21.6. The predicted octanol–water partition coefficient (Wildman–Crippen LogP) is 10.7. The highest BCUT2D eigenvalue weighted by Gasteiger charge is 2.54. The van der Waals surface area contributed by atoms with Crippen LogP contribution in [0, 0.1) is 27.7 Å². The topological polar surface area (TPSA) is 46.2 Å². The van der Waals surface area contributed by atoms with Crippen LogP contribution in [0.4, 0.5) is 0 Å². The molecule has 5 atom stereocenters. The Bertz CT molecular complexity index is 2110. The summed E-state index contributed by atoms with van der Waals surface area (Å²) in [6.07, 6.45) is -2.37. The van der Waals surface area contributed by atoms with Crippen LogP contribution in [0.15, 0.2) is 163 Å².